The zero-order valence-electron chi connectivity index (χ0n) is 11.1. The van der Waals surface area contributed by atoms with Crippen LogP contribution in [0.1, 0.15) is 33.5 Å². The fourth-order valence-electron chi connectivity index (χ4n) is 2.47. The monoisotopic (exact) mass is 275 g/mol. The highest BCUT2D eigenvalue weighted by atomic mass is 32.1. The third-order valence-corrected chi connectivity index (χ3v) is 4.84. The van der Waals surface area contributed by atoms with Crippen molar-refractivity contribution in [1.29, 1.82) is 0 Å². The Morgan fingerprint density at radius 1 is 1.58 bits per heavy atom. The standard InChI is InChI=1S/C14H17N3OS/c1-9-3-4-11-10(7-9)8-12(19-11)13(18)16-14-15-5-6-17(14)2/h5-6,8-9H,3-4,7H2,1-2H3,(H,15,16,18). The molecule has 0 saturated carbocycles. The molecule has 0 saturated heterocycles. The molecule has 0 aromatic carbocycles. The number of rotatable bonds is 2. The van der Waals surface area contributed by atoms with E-state index in [0.717, 1.165) is 23.6 Å². The number of hydrogen-bond acceptors (Lipinski definition) is 3. The predicted molar refractivity (Wildman–Crippen MR) is 76.7 cm³/mol. The summed E-state index contributed by atoms with van der Waals surface area (Å²) in [7, 11) is 1.86. The Labute approximate surface area is 116 Å². The maximum Gasteiger partial charge on any atom is 0.268 e. The van der Waals surface area contributed by atoms with E-state index in [1.165, 1.54) is 16.9 Å². The number of nitrogens with zero attached hydrogens (tertiary/aromatic N) is 2. The first-order valence-corrected chi connectivity index (χ1v) is 7.35. The average Bonchev–Trinajstić information content (AvgIpc) is 2.96. The lowest BCUT2D eigenvalue weighted by Crippen LogP contribution is -2.13. The molecule has 2 heterocycles. The van der Waals surface area contributed by atoms with Gasteiger partial charge in [0.15, 0.2) is 0 Å². The third-order valence-electron chi connectivity index (χ3n) is 3.60. The van der Waals surface area contributed by atoms with Crippen molar-refractivity contribution in [3.8, 4) is 0 Å². The zero-order valence-corrected chi connectivity index (χ0v) is 12.0. The molecular formula is C14H17N3OS. The summed E-state index contributed by atoms with van der Waals surface area (Å²) in [5, 5.41) is 2.85. The van der Waals surface area contributed by atoms with E-state index in [2.05, 4.69) is 17.2 Å². The summed E-state index contributed by atoms with van der Waals surface area (Å²) in [4.78, 5) is 18.5. The summed E-state index contributed by atoms with van der Waals surface area (Å²) in [5.41, 5.74) is 1.36. The second kappa shape index (κ2) is 4.81. The number of amides is 1. The van der Waals surface area contributed by atoms with Crippen molar-refractivity contribution >= 4 is 23.2 Å². The fourth-order valence-corrected chi connectivity index (χ4v) is 3.57. The van der Waals surface area contributed by atoms with Gasteiger partial charge in [-0.25, -0.2) is 4.98 Å². The van der Waals surface area contributed by atoms with Gasteiger partial charge in [0.25, 0.3) is 5.91 Å². The molecule has 1 amide bonds. The maximum absolute atomic E-state index is 12.2. The van der Waals surface area contributed by atoms with E-state index in [1.54, 1.807) is 22.1 Å². The number of nitrogens with one attached hydrogen (secondary N) is 1. The normalized spacial score (nSPS) is 18.1. The molecule has 0 radical (unpaired) electrons. The van der Waals surface area contributed by atoms with E-state index in [9.17, 15) is 4.79 Å². The first-order valence-electron chi connectivity index (χ1n) is 6.53. The largest absolute Gasteiger partial charge is 0.320 e. The molecule has 1 N–H and O–H groups in total. The Kier molecular flexibility index (Phi) is 3.14. The summed E-state index contributed by atoms with van der Waals surface area (Å²) >= 11 is 1.62. The molecule has 1 aliphatic rings. The van der Waals surface area contributed by atoms with E-state index in [4.69, 9.17) is 0 Å². The van der Waals surface area contributed by atoms with Gasteiger partial charge in [-0.3, -0.25) is 10.1 Å². The fraction of sp³-hybridized carbons (Fsp3) is 0.429. The SMILES string of the molecule is CC1CCc2sc(C(=O)Nc3nccn3C)cc2C1. The van der Waals surface area contributed by atoms with Crippen molar-refractivity contribution in [2.75, 3.05) is 5.32 Å². The van der Waals surface area contributed by atoms with Crippen LogP contribution in [-0.2, 0) is 19.9 Å². The Morgan fingerprint density at radius 3 is 3.16 bits per heavy atom. The van der Waals surface area contributed by atoms with Crippen LogP contribution in [0.25, 0.3) is 0 Å². The topological polar surface area (TPSA) is 46.9 Å². The number of carbonyl (C=O) groups is 1. The van der Waals surface area contributed by atoms with Gasteiger partial charge in [-0.2, -0.15) is 0 Å². The van der Waals surface area contributed by atoms with E-state index in [-0.39, 0.29) is 5.91 Å². The smallest absolute Gasteiger partial charge is 0.268 e. The predicted octanol–water partition coefficient (Wildman–Crippen LogP) is 2.86. The molecule has 0 aliphatic heterocycles. The van der Waals surface area contributed by atoms with Crippen LogP contribution in [0.4, 0.5) is 5.95 Å². The van der Waals surface area contributed by atoms with Gasteiger partial charge in [0.05, 0.1) is 4.88 Å². The van der Waals surface area contributed by atoms with Crippen molar-refractivity contribution < 1.29 is 4.79 Å². The minimum atomic E-state index is -0.0543. The summed E-state index contributed by atoms with van der Waals surface area (Å²) in [6.07, 6.45) is 6.93. The lowest BCUT2D eigenvalue weighted by Gasteiger charge is -2.16. The third kappa shape index (κ3) is 2.42. The molecular weight excluding hydrogens is 258 g/mol. The Morgan fingerprint density at radius 2 is 2.42 bits per heavy atom. The lowest BCUT2D eigenvalue weighted by atomic mass is 9.90. The van der Waals surface area contributed by atoms with Crippen LogP contribution in [0.3, 0.4) is 0 Å². The molecule has 5 heteroatoms. The number of imidazole rings is 1. The number of carbonyl (C=O) groups excluding carboxylic acids is 1. The van der Waals surface area contributed by atoms with Crippen LogP contribution in [0, 0.1) is 5.92 Å². The van der Waals surface area contributed by atoms with Gasteiger partial charge in [-0.05, 0) is 36.8 Å². The minimum Gasteiger partial charge on any atom is -0.320 e. The highest BCUT2D eigenvalue weighted by molar-refractivity contribution is 7.14. The summed E-state index contributed by atoms with van der Waals surface area (Å²) < 4.78 is 1.80. The van der Waals surface area contributed by atoms with Crippen LogP contribution in [0.5, 0.6) is 0 Å². The molecule has 3 rings (SSSR count). The molecule has 2 aromatic heterocycles. The first-order chi connectivity index (χ1) is 9.13. The number of fused-ring (bicyclic) bond motifs is 1. The summed E-state index contributed by atoms with van der Waals surface area (Å²) in [5.74, 6) is 1.26. The number of aromatic nitrogens is 2. The second-order valence-electron chi connectivity index (χ2n) is 5.22. The van der Waals surface area contributed by atoms with Crippen LogP contribution in [-0.4, -0.2) is 15.5 Å². The molecule has 100 valence electrons. The van der Waals surface area contributed by atoms with Gasteiger partial charge in [0, 0.05) is 24.3 Å². The van der Waals surface area contributed by atoms with Crippen molar-refractivity contribution in [3.63, 3.8) is 0 Å². The molecule has 1 atom stereocenters. The number of thiophene rings is 1. The van der Waals surface area contributed by atoms with Crippen LogP contribution in [0.2, 0.25) is 0 Å². The van der Waals surface area contributed by atoms with Gasteiger partial charge in [-0.1, -0.05) is 6.92 Å². The van der Waals surface area contributed by atoms with Crippen molar-refractivity contribution in [1.82, 2.24) is 9.55 Å². The molecule has 19 heavy (non-hydrogen) atoms. The van der Waals surface area contributed by atoms with Crippen molar-refractivity contribution in [2.24, 2.45) is 13.0 Å². The van der Waals surface area contributed by atoms with E-state index >= 15 is 0 Å². The molecule has 1 unspecified atom stereocenters. The first kappa shape index (κ1) is 12.4. The van der Waals surface area contributed by atoms with E-state index in [1.807, 2.05) is 19.3 Å². The second-order valence-corrected chi connectivity index (χ2v) is 6.36. The lowest BCUT2D eigenvalue weighted by molar-refractivity contribution is 0.102. The highest BCUT2D eigenvalue weighted by Gasteiger charge is 2.21. The minimum absolute atomic E-state index is 0.0543. The molecule has 2 aromatic rings. The average molecular weight is 275 g/mol. The molecule has 0 fully saturated rings. The Balaban J connectivity index is 1.79. The van der Waals surface area contributed by atoms with Crippen LogP contribution >= 0.6 is 11.3 Å². The number of hydrogen-bond donors (Lipinski definition) is 1. The molecule has 1 aliphatic carbocycles. The van der Waals surface area contributed by atoms with Crippen molar-refractivity contribution in [3.05, 3.63) is 33.8 Å². The quantitative estimate of drug-likeness (QED) is 0.916. The number of anilines is 1. The Bertz CT molecular complexity index is 614. The van der Waals surface area contributed by atoms with E-state index < -0.39 is 0 Å². The van der Waals surface area contributed by atoms with Gasteiger partial charge in [0.2, 0.25) is 5.95 Å². The van der Waals surface area contributed by atoms with Gasteiger partial charge < -0.3 is 4.57 Å². The maximum atomic E-state index is 12.2. The van der Waals surface area contributed by atoms with Crippen LogP contribution < -0.4 is 5.32 Å². The van der Waals surface area contributed by atoms with Gasteiger partial charge >= 0.3 is 0 Å². The summed E-state index contributed by atoms with van der Waals surface area (Å²) in [6, 6.07) is 2.05. The van der Waals surface area contributed by atoms with Crippen LogP contribution in [0.15, 0.2) is 18.5 Å². The van der Waals surface area contributed by atoms with Gasteiger partial charge in [0.1, 0.15) is 0 Å². The molecule has 4 nitrogen and oxygen atoms in total. The molecule has 0 spiro atoms. The van der Waals surface area contributed by atoms with Crippen molar-refractivity contribution in [2.45, 2.75) is 26.2 Å². The number of aryl methyl sites for hydroxylation is 2. The summed E-state index contributed by atoms with van der Waals surface area (Å²) in [6.45, 7) is 2.27. The van der Waals surface area contributed by atoms with Gasteiger partial charge in [-0.15, -0.1) is 11.3 Å². The zero-order chi connectivity index (χ0) is 13.4. The Hall–Kier alpha value is -1.62. The molecule has 0 bridgehead atoms. The van der Waals surface area contributed by atoms with E-state index in [0.29, 0.717) is 5.95 Å². The highest BCUT2D eigenvalue weighted by Crippen LogP contribution is 2.32.